The van der Waals surface area contributed by atoms with Gasteiger partial charge in [0.05, 0.1) is 0 Å². The Hall–Kier alpha value is 0.383. The largest absolute Gasteiger partial charge is 1.00 e. The number of hydrogen-bond acceptors (Lipinski definition) is 1. The summed E-state index contributed by atoms with van der Waals surface area (Å²) in [6.45, 7) is 11.9. The quantitative estimate of drug-likeness (QED) is 0.592. The Kier molecular flexibility index (Phi) is 8.45. The van der Waals surface area contributed by atoms with Crippen LogP contribution in [0.5, 0.6) is 0 Å². The average Bonchev–Trinajstić information content (AvgIpc) is 2.85. The van der Waals surface area contributed by atoms with Crippen LogP contribution in [0.25, 0.3) is 0 Å². The number of allylic oxidation sites excluding steroid dienone is 7. The summed E-state index contributed by atoms with van der Waals surface area (Å²) in [7, 11) is 0. The molecular weight excluding hydrogens is 382 g/mol. The zero-order valence-electron chi connectivity index (χ0n) is 13.5. The van der Waals surface area contributed by atoms with Gasteiger partial charge >= 0.3 is 129 Å². The van der Waals surface area contributed by atoms with E-state index >= 15 is 0 Å². The fourth-order valence-corrected chi connectivity index (χ4v) is 7.37. The topological polar surface area (TPSA) is 20.2 Å². The van der Waals surface area contributed by atoms with Crippen molar-refractivity contribution in [2.45, 2.75) is 47.5 Å². The molecule has 0 saturated carbocycles. The maximum absolute atomic E-state index is 9.17. The van der Waals surface area contributed by atoms with Gasteiger partial charge in [-0.2, -0.15) is 0 Å². The van der Waals surface area contributed by atoms with Gasteiger partial charge < -0.3 is 24.8 Å². The zero-order chi connectivity index (χ0) is 14.2. The van der Waals surface area contributed by atoms with E-state index in [0.29, 0.717) is 0 Å². The van der Waals surface area contributed by atoms with Gasteiger partial charge in [0, 0.05) is 0 Å². The first-order valence-electron chi connectivity index (χ1n) is 7.05. The predicted molar refractivity (Wildman–Crippen MR) is 77.3 cm³/mol. The molecule has 0 aromatic carbocycles. The second-order valence-electron chi connectivity index (χ2n) is 6.08. The van der Waals surface area contributed by atoms with Crippen LogP contribution in [-0.4, -0.2) is 11.7 Å². The Morgan fingerprint density at radius 2 is 1.76 bits per heavy atom. The monoisotopic (exact) mass is 404 g/mol. The molecule has 116 valence electrons. The Balaban J connectivity index is 0.00000200. The SMILES string of the molecule is CC1=C(C)C(C)(C)[C]([Zr+2][C]2=C(CCO)C=CC2)=C1C.[Cl-].[Cl-]. The van der Waals surface area contributed by atoms with Crippen molar-refractivity contribution in [1.29, 1.82) is 0 Å². The first-order chi connectivity index (χ1) is 8.89. The van der Waals surface area contributed by atoms with Gasteiger partial charge in [-0.15, -0.1) is 0 Å². The fraction of sp³-hybridized carbons (Fsp3) is 0.529. The van der Waals surface area contributed by atoms with E-state index in [1.54, 1.807) is 17.7 Å². The van der Waals surface area contributed by atoms with Crippen LogP contribution in [0.1, 0.15) is 47.5 Å². The number of rotatable bonds is 4. The molecule has 2 aliphatic rings. The summed E-state index contributed by atoms with van der Waals surface area (Å²) < 4.78 is 3.41. The fourth-order valence-electron chi connectivity index (χ4n) is 3.03. The Bertz CT molecular complexity index is 525. The van der Waals surface area contributed by atoms with E-state index in [2.05, 4.69) is 46.8 Å². The van der Waals surface area contributed by atoms with Crippen LogP contribution in [-0.2, 0) is 23.2 Å². The van der Waals surface area contributed by atoms with Gasteiger partial charge in [-0.05, 0) is 0 Å². The molecule has 2 rings (SSSR count). The van der Waals surface area contributed by atoms with Crippen LogP contribution >= 0.6 is 0 Å². The number of halogens is 2. The van der Waals surface area contributed by atoms with Gasteiger partial charge in [0.25, 0.3) is 0 Å². The van der Waals surface area contributed by atoms with Crippen molar-refractivity contribution in [2.24, 2.45) is 5.41 Å². The molecule has 1 nitrogen and oxygen atoms in total. The van der Waals surface area contributed by atoms with Crippen LogP contribution in [0.4, 0.5) is 0 Å². The third-order valence-electron chi connectivity index (χ3n) is 4.75. The molecule has 0 heterocycles. The molecule has 0 atom stereocenters. The second kappa shape index (κ2) is 8.30. The van der Waals surface area contributed by atoms with Gasteiger partial charge in [0.1, 0.15) is 0 Å². The van der Waals surface area contributed by atoms with Gasteiger partial charge in [0.2, 0.25) is 0 Å². The van der Waals surface area contributed by atoms with Gasteiger partial charge in [-0.25, -0.2) is 0 Å². The van der Waals surface area contributed by atoms with Gasteiger partial charge in [-0.1, -0.05) is 0 Å². The van der Waals surface area contributed by atoms with Crippen LogP contribution in [0, 0.1) is 5.41 Å². The van der Waals surface area contributed by atoms with Crippen molar-refractivity contribution < 1.29 is 53.2 Å². The Morgan fingerprint density at radius 3 is 2.24 bits per heavy atom. The van der Waals surface area contributed by atoms with E-state index in [4.69, 9.17) is 0 Å². The van der Waals surface area contributed by atoms with Crippen LogP contribution in [0.3, 0.4) is 0 Å². The van der Waals surface area contributed by atoms with Crippen molar-refractivity contribution in [3.8, 4) is 0 Å². The Morgan fingerprint density at radius 1 is 1.14 bits per heavy atom. The van der Waals surface area contributed by atoms with Crippen molar-refractivity contribution in [1.82, 2.24) is 0 Å². The molecule has 0 aromatic rings. The summed E-state index contributed by atoms with van der Waals surface area (Å²) in [5.41, 5.74) is 6.30. The van der Waals surface area contributed by atoms with E-state index in [1.165, 1.54) is 11.1 Å². The molecule has 2 aliphatic carbocycles. The van der Waals surface area contributed by atoms with E-state index in [-0.39, 0.29) is 36.8 Å². The maximum atomic E-state index is 9.17. The molecular formula is C17H24Cl2OZr. The molecule has 1 N–H and O–H groups in total. The van der Waals surface area contributed by atoms with E-state index in [1.807, 2.05) is 0 Å². The maximum Gasteiger partial charge on any atom is -1.00 e. The molecule has 4 heteroatoms. The average molecular weight is 407 g/mol. The summed E-state index contributed by atoms with van der Waals surface area (Å²) in [6, 6.07) is 0. The van der Waals surface area contributed by atoms with Crippen LogP contribution in [0.15, 0.2) is 41.0 Å². The molecule has 0 amide bonds. The summed E-state index contributed by atoms with van der Waals surface area (Å²) in [5.74, 6) is 0. The van der Waals surface area contributed by atoms with Crippen LogP contribution < -0.4 is 24.8 Å². The minimum atomic E-state index is -0.697. The minimum Gasteiger partial charge on any atom is -1.00 e. The van der Waals surface area contributed by atoms with E-state index in [9.17, 15) is 5.11 Å². The van der Waals surface area contributed by atoms with Crippen molar-refractivity contribution in [3.05, 3.63) is 41.0 Å². The molecule has 21 heavy (non-hydrogen) atoms. The normalized spacial score (nSPS) is 19.7. The van der Waals surface area contributed by atoms with E-state index in [0.717, 1.165) is 12.8 Å². The Labute approximate surface area is 153 Å². The van der Waals surface area contributed by atoms with Crippen molar-refractivity contribution in [3.63, 3.8) is 0 Å². The third-order valence-corrected chi connectivity index (χ3v) is 9.85. The molecule has 0 aromatic heterocycles. The minimum absolute atomic E-state index is 0. The van der Waals surface area contributed by atoms with Crippen molar-refractivity contribution in [2.75, 3.05) is 6.61 Å². The summed E-state index contributed by atoms with van der Waals surface area (Å²) >= 11 is -0.697. The second-order valence-corrected chi connectivity index (χ2v) is 9.41. The molecule has 0 unspecified atom stereocenters. The first-order valence-corrected chi connectivity index (χ1v) is 9.51. The zero-order valence-corrected chi connectivity index (χ0v) is 17.4. The predicted octanol–water partition coefficient (Wildman–Crippen LogP) is -1.68. The molecule has 0 radical (unpaired) electrons. The first kappa shape index (κ1) is 21.4. The van der Waals surface area contributed by atoms with Crippen molar-refractivity contribution >= 4 is 0 Å². The summed E-state index contributed by atoms with van der Waals surface area (Å²) in [4.78, 5) is 0. The van der Waals surface area contributed by atoms with Gasteiger partial charge in [-0.3, -0.25) is 0 Å². The smallest absolute Gasteiger partial charge is 1.00 e. The third kappa shape index (κ3) is 4.02. The van der Waals surface area contributed by atoms with Crippen LogP contribution in [0.2, 0.25) is 0 Å². The number of aliphatic hydroxyl groups excluding tert-OH is 1. The molecule has 0 bridgehead atoms. The molecule has 0 saturated heterocycles. The van der Waals surface area contributed by atoms with E-state index < -0.39 is 23.2 Å². The molecule has 0 aliphatic heterocycles. The summed E-state index contributed by atoms with van der Waals surface area (Å²) in [6.07, 6.45) is 6.47. The summed E-state index contributed by atoms with van der Waals surface area (Å²) in [5, 5.41) is 9.17. The molecule has 0 spiro atoms. The van der Waals surface area contributed by atoms with Gasteiger partial charge in [0.15, 0.2) is 0 Å². The number of hydrogen-bond donors (Lipinski definition) is 1. The standard InChI is InChI=1S/C10H15.C7H9O.2ClH.Zr/c1-7-6-10(4,5)9(3)8(7)2;8-6-5-7-3-1-2-4-7;;;/h1-5H3;1,3,8H,2,5-6H2;2*1H;/q;;;;+2/p-2. The molecule has 0 fully saturated rings. The number of aliphatic hydroxyl groups is 1.